The zero-order valence-corrected chi connectivity index (χ0v) is 14.0. The van der Waals surface area contributed by atoms with E-state index in [1.165, 1.54) is 5.56 Å². The van der Waals surface area contributed by atoms with Crippen LogP contribution in [0.4, 0.5) is 0 Å². The summed E-state index contributed by atoms with van der Waals surface area (Å²) in [6.45, 7) is 2.85. The van der Waals surface area contributed by atoms with Crippen LogP contribution in [0.3, 0.4) is 0 Å². The van der Waals surface area contributed by atoms with E-state index in [0.717, 1.165) is 43.9 Å². The van der Waals surface area contributed by atoms with Crippen molar-refractivity contribution in [3.05, 3.63) is 53.9 Å². The van der Waals surface area contributed by atoms with Crippen LogP contribution in [0.2, 0.25) is 0 Å². The average Bonchev–Trinajstić information content (AvgIpc) is 3.38. The Morgan fingerprint density at radius 2 is 2.12 bits per heavy atom. The number of benzene rings is 1. The summed E-state index contributed by atoms with van der Waals surface area (Å²) in [7, 11) is 0. The molecule has 1 saturated carbocycles. The Balaban J connectivity index is 1.40. The van der Waals surface area contributed by atoms with E-state index in [4.69, 9.17) is 4.99 Å². The Kier molecular flexibility index (Phi) is 3.28. The number of hydrogen-bond acceptors (Lipinski definition) is 4. The van der Waals surface area contributed by atoms with E-state index in [1.54, 1.807) is 0 Å². The highest BCUT2D eigenvalue weighted by atomic mass is 16.2. The predicted octanol–water partition coefficient (Wildman–Crippen LogP) is 1.57. The van der Waals surface area contributed by atoms with Crippen molar-refractivity contribution in [2.45, 2.75) is 24.9 Å². The summed E-state index contributed by atoms with van der Waals surface area (Å²) < 4.78 is 0. The second-order valence-electron chi connectivity index (χ2n) is 7.41. The topological polar surface area (TPSA) is 73.4 Å². The van der Waals surface area contributed by atoms with Crippen LogP contribution in [0.5, 0.6) is 0 Å². The quantitative estimate of drug-likeness (QED) is 0.894. The summed E-state index contributed by atoms with van der Waals surface area (Å²) in [4.78, 5) is 20.3. The number of fused-ring (bicyclic) bond motifs is 2. The lowest BCUT2D eigenvalue weighted by Gasteiger charge is -2.25. The average molecular weight is 335 g/mol. The van der Waals surface area contributed by atoms with Crippen LogP contribution in [0.15, 0.2) is 47.7 Å². The summed E-state index contributed by atoms with van der Waals surface area (Å²) in [5.41, 5.74) is 1.61. The number of carbonyl (C=O) groups excluding carboxylic acids is 1. The van der Waals surface area contributed by atoms with E-state index in [2.05, 4.69) is 20.4 Å². The number of rotatable bonds is 3. The van der Waals surface area contributed by atoms with Crippen LogP contribution in [0, 0.1) is 11.8 Å². The molecule has 2 fully saturated rings. The van der Waals surface area contributed by atoms with Crippen LogP contribution in [-0.4, -0.2) is 45.5 Å². The Hall–Kier alpha value is -2.47. The standard InChI is InChI=1S/C19H21N5O/c25-18-19(23-17(22-18)14-4-2-1-3-5-14)7-6-15-11-24(12-16(15)19)10-13-8-20-21-9-13/h1-5,8-9,15-16H,6-7,10-12H2,(H,20,21)(H,22,23,25)/t15-,16+,19-/m1/s1. The largest absolute Gasteiger partial charge is 0.308 e. The molecule has 2 aliphatic heterocycles. The van der Waals surface area contributed by atoms with Crippen molar-refractivity contribution in [2.75, 3.05) is 13.1 Å². The third kappa shape index (κ3) is 2.32. The molecular formula is C19H21N5O. The molecule has 1 aliphatic carbocycles. The van der Waals surface area contributed by atoms with Gasteiger partial charge in [-0.25, -0.2) is 0 Å². The molecule has 6 heteroatoms. The molecular weight excluding hydrogens is 314 g/mol. The van der Waals surface area contributed by atoms with Crippen molar-refractivity contribution >= 4 is 11.7 Å². The summed E-state index contributed by atoms with van der Waals surface area (Å²) in [5.74, 6) is 1.68. The van der Waals surface area contributed by atoms with Gasteiger partial charge in [0.2, 0.25) is 0 Å². The van der Waals surface area contributed by atoms with E-state index >= 15 is 0 Å². The fourth-order valence-corrected chi connectivity index (χ4v) is 4.78. The van der Waals surface area contributed by atoms with Crippen molar-refractivity contribution in [1.82, 2.24) is 20.4 Å². The van der Waals surface area contributed by atoms with Gasteiger partial charge in [-0.15, -0.1) is 0 Å². The lowest BCUT2D eigenvalue weighted by atomic mass is 9.85. The van der Waals surface area contributed by atoms with Gasteiger partial charge in [-0.3, -0.25) is 19.8 Å². The van der Waals surface area contributed by atoms with Crippen LogP contribution in [-0.2, 0) is 11.3 Å². The number of amidine groups is 1. The summed E-state index contributed by atoms with van der Waals surface area (Å²) in [6, 6.07) is 9.95. The molecule has 0 bridgehead atoms. The van der Waals surface area contributed by atoms with Gasteiger partial charge in [0.05, 0.1) is 6.20 Å². The molecule has 3 heterocycles. The van der Waals surface area contributed by atoms with Gasteiger partial charge in [-0.1, -0.05) is 30.3 Å². The first-order valence-electron chi connectivity index (χ1n) is 8.91. The van der Waals surface area contributed by atoms with Gasteiger partial charge in [0.25, 0.3) is 5.91 Å². The lowest BCUT2D eigenvalue weighted by molar-refractivity contribution is -0.125. The maximum absolute atomic E-state index is 12.9. The van der Waals surface area contributed by atoms with Gasteiger partial charge in [0.15, 0.2) is 0 Å². The fraction of sp³-hybridized carbons (Fsp3) is 0.421. The molecule has 2 N–H and O–H groups in total. The lowest BCUT2D eigenvalue weighted by Crippen LogP contribution is -2.44. The third-order valence-electron chi connectivity index (χ3n) is 5.97. The highest BCUT2D eigenvalue weighted by Crippen LogP contribution is 2.49. The number of hydrogen-bond donors (Lipinski definition) is 2. The van der Waals surface area contributed by atoms with Gasteiger partial charge in [0.1, 0.15) is 11.4 Å². The predicted molar refractivity (Wildman–Crippen MR) is 93.9 cm³/mol. The molecule has 1 aromatic carbocycles. The molecule has 6 nitrogen and oxygen atoms in total. The highest BCUT2D eigenvalue weighted by Gasteiger charge is 2.59. The highest BCUT2D eigenvalue weighted by molar-refractivity contribution is 6.15. The first-order valence-corrected chi connectivity index (χ1v) is 8.91. The fourth-order valence-electron chi connectivity index (χ4n) is 4.78. The number of likely N-dealkylation sites (tertiary alicyclic amines) is 1. The third-order valence-corrected chi connectivity index (χ3v) is 5.97. The number of carbonyl (C=O) groups is 1. The molecule has 0 radical (unpaired) electrons. The van der Waals surface area contributed by atoms with Gasteiger partial charge < -0.3 is 5.32 Å². The first-order chi connectivity index (χ1) is 12.2. The molecule has 128 valence electrons. The van der Waals surface area contributed by atoms with E-state index in [0.29, 0.717) is 11.8 Å². The monoisotopic (exact) mass is 335 g/mol. The zero-order chi connectivity index (χ0) is 16.9. The number of aliphatic imine (C=N–C) groups is 1. The maximum atomic E-state index is 12.9. The van der Waals surface area contributed by atoms with E-state index < -0.39 is 5.54 Å². The summed E-state index contributed by atoms with van der Waals surface area (Å²) in [5, 5.41) is 9.95. The minimum absolute atomic E-state index is 0.0871. The number of nitrogens with one attached hydrogen (secondary N) is 2. The van der Waals surface area contributed by atoms with E-state index in [-0.39, 0.29) is 5.91 Å². The smallest absolute Gasteiger partial charge is 0.253 e. The number of aromatic nitrogens is 2. The van der Waals surface area contributed by atoms with Gasteiger partial charge in [-0.05, 0) is 18.8 Å². The van der Waals surface area contributed by atoms with Crippen LogP contribution in [0.25, 0.3) is 0 Å². The molecule has 1 spiro atoms. The molecule has 25 heavy (non-hydrogen) atoms. The molecule has 1 aromatic heterocycles. The number of nitrogens with zero attached hydrogens (tertiary/aromatic N) is 3. The second kappa shape index (κ2) is 5.52. The van der Waals surface area contributed by atoms with Crippen LogP contribution < -0.4 is 5.32 Å². The van der Waals surface area contributed by atoms with E-state index in [9.17, 15) is 4.79 Å². The molecule has 1 saturated heterocycles. The molecule has 2 aromatic rings. The number of amides is 1. The zero-order valence-electron chi connectivity index (χ0n) is 14.0. The second-order valence-corrected chi connectivity index (χ2v) is 7.41. The van der Waals surface area contributed by atoms with Gasteiger partial charge in [0, 0.05) is 42.9 Å². The van der Waals surface area contributed by atoms with Crippen LogP contribution >= 0.6 is 0 Å². The van der Waals surface area contributed by atoms with Gasteiger partial charge >= 0.3 is 0 Å². The van der Waals surface area contributed by atoms with Crippen molar-refractivity contribution in [1.29, 1.82) is 0 Å². The first kappa shape index (κ1) is 14.8. The number of H-pyrrole nitrogens is 1. The Labute approximate surface area is 146 Å². The Morgan fingerprint density at radius 1 is 1.24 bits per heavy atom. The number of aromatic amines is 1. The van der Waals surface area contributed by atoms with Crippen molar-refractivity contribution in [3.63, 3.8) is 0 Å². The van der Waals surface area contributed by atoms with Crippen molar-refractivity contribution in [2.24, 2.45) is 16.8 Å². The summed E-state index contributed by atoms with van der Waals surface area (Å²) in [6.07, 6.45) is 5.76. The van der Waals surface area contributed by atoms with Crippen molar-refractivity contribution < 1.29 is 4.79 Å². The molecule has 1 amide bonds. The SMILES string of the molecule is O=C1NC(c2ccccc2)=N[C@@]12CC[C@@H]1CN(Cc3cn[nH]c3)C[C@@H]12. The van der Waals surface area contributed by atoms with E-state index in [1.807, 2.05) is 42.7 Å². The summed E-state index contributed by atoms with van der Waals surface area (Å²) >= 11 is 0. The molecule has 3 atom stereocenters. The molecule has 3 aliphatic rings. The Morgan fingerprint density at radius 3 is 2.92 bits per heavy atom. The van der Waals surface area contributed by atoms with Crippen LogP contribution in [0.1, 0.15) is 24.0 Å². The minimum Gasteiger partial charge on any atom is -0.308 e. The minimum atomic E-state index is -0.568. The Bertz CT molecular complexity index is 816. The maximum Gasteiger partial charge on any atom is 0.253 e. The van der Waals surface area contributed by atoms with Gasteiger partial charge in [-0.2, -0.15) is 5.10 Å². The normalized spacial score (nSPS) is 31.4. The van der Waals surface area contributed by atoms with Crippen molar-refractivity contribution in [3.8, 4) is 0 Å². The molecule has 5 rings (SSSR count). The molecule has 0 unspecified atom stereocenters.